The number of benzene rings is 1. The fraction of sp³-hybridized carbons (Fsp3) is 0.389. The van der Waals surface area contributed by atoms with Crippen LogP contribution in [0.25, 0.3) is 0 Å². The Kier molecular flexibility index (Phi) is 4.03. The summed E-state index contributed by atoms with van der Waals surface area (Å²) in [6, 6.07) is 9.93. The van der Waals surface area contributed by atoms with E-state index in [0.717, 1.165) is 28.9 Å². The molecule has 0 spiro atoms. The quantitative estimate of drug-likeness (QED) is 0.891. The van der Waals surface area contributed by atoms with Crippen LogP contribution in [0, 0.1) is 6.92 Å². The van der Waals surface area contributed by atoms with Gasteiger partial charge in [0.05, 0.1) is 5.56 Å². The Hall–Kier alpha value is -2.07. The fourth-order valence-corrected chi connectivity index (χ4v) is 2.89. The Morgan fingerprint density at radius 2 is 2.14 bits per heavy atom. The molecule has 0 aliphatic heterocycles. The minimum Gasteiger partial charge on any atom is -0.351 e. The number of hydrogen-bond donors (Lipinski definition) is 2. The van der Waals surface area contributed by atoms with Crippen LogP contribution in [0.1, 0.15) is 46.1 Å². The van der Waals surface area contributed by atoms with Crippen LogP contribution in [0.4, 0.5) is 5.69 Å². The lowest BCUT2D eigenvalue weighted by atomic mass is 10.1. The molecule has 1 aliphatic rings. The summed E-state index contributed by atoms with van der Waals surface area (Å²) in [6.07, 6.45) is 3.29. The van der Waals surface area contributed by atoms with Crippen LogP contribution in [0.2, 0.25) is 0 Å². The molecule has 0 bridgehead atoms. The van der Waals surface area contributed by atoms with Crippen LogP contribution < -0.4 is 11.1 Å². The molecule has 1 heterocycles. The van der Waals surface area contributed by atoms with E-state index in [-0.39, 0.29) is 5.91 Å². The Bertz CT molecular complexity index is 698. The van der Waals surface area contributed by atoms with Gasteiger partial charge in [-0.15, -0.1) is 0 Å². The van der Waals surface area contributed by atoms with Gasteiger partial charge in [0, 0.05) is 24.1 Å². The molecule has 1 aromatic carbocycles. The van der Waals surface area contributed by atoms with E-state index in [0.29, 0.717) is 12.5 Å². The standard InChI is InChI=1S/C18H23N3O/c1-12-16(11-17(21(12)2)14-6-7-14)18(22)20-15-5-3-4-13(10-15)8-9-19/h3-5,10-11,14H,6-9,19H2,1-2H3,(H,20,22). The van der Waals surface area contributed by atoms with Crippen molar-refractivity contribution in [1.29, 1.82) is 0 Å². The first kappa shape index (κ1) is 14.9. The zero-order chi connectivity index (χ0) is 15.7. The second kappa shape index (κ2) is 5.97. The molecule has 0 radical (unpaired) electrons. The maximum atomic E-state index is 12.6. The third-order valence-corrected chi connectivity index (χ3v) is 4.43. The van der Waals surface area contributed by atoms with Gasteiger partial charge in [0.15, 0.2) is 0 Å². The van der Waals surface area contributed by atoms with Gasteiger partial charge in [-0.3, -0.25) is 4.79 Å². The highest BCUT2D eigenvalue weighted by molar-refractivity contribution is 6.05. The van der Waals surface area contributed by atoms with Crippen LogP contribution >= 0.6 is 0 Å². The Morgan fingerprint density at radius 3 is 2.82 bits per heavy atom. The summed E-state index contributed by atoms with van der Waals surface area (Å²) in [4.78, 5) is 12.6. The molecule has 22 heavy (non-hydrogen) atoms. The van der Waals surface area contributed by atoms with Crippen molar-refractivity contribution in [2.45, 2.75) is 32.1 Å². The van der Waals surface area contributed by atoms with Crippen molar-refractivity contribution < 1.29 is 4.79 Å². The Balaban J connectivity index is 1.79. The second-order valence-corrected chi connectivity index (χ2v) is 6.09. The van der Waals surface area contributed by atoms with Gasteiger partial charge in [0.25, 0.3) is 5.91 Å². The zero-order valence-electron chi connectivity index (χ0n) is 13.2. The lowest BCUT2D eigenvalue weighted by Gasteiger charge is -2.07. The second-order valence-electron chi connectivity index (χ2n) is 6.09. The monoisotopic (exact) mass is 297 g/mol. The number of nitrogens with two attached hydrogens (primary N) is 1. The molecule has 1 fully saturated rings. The molecule has 4 nitrogen and oxygen atoms in total. The normalized spacial score (nSPS) is 14.1. The lowest BCUT2D eigenvalue weighted by Crippen LogP contribution is -2.13. The third kappa shape index (κ3) is 2.92. The summed E-state index contributed by atoms with van der Waals surface area (Å²) in [5, 5.41) is 3.00. The number of carbonyl (C=O) groups excluding carboxylic acids is 1. The highest BCUT2D eigenvalue weighted by Crippen LogP contribution is 2.41. The molecule has 0 unspecified atom stereocenters. The minimum absolute atomic E-state index is 0.0371. The van der Waals surface area contributed by atoms with E-state index in [1.807, 2.05) is 44.3 Å². The number of amides is 1. The van der Waals surface area contributed by atoms with Gasteiger partial charge in [-0.05, 0) is 62.4 Å². The molecule has 2 aromatic rings. The number of nitrogens with zero attached hydrogens (tertiary/aromatic N) is 1. The topological polar surface area (TPSA) is 60.1 Å². The van der Waals surface area contributed by atoms with Crippen LogP contribution in [0.3, 0.4) is 0 Å². The predicted molar refractivity (Wildman–Crippen MR) is 89.3 cm³/mol. The summed E-state index contributed by atoms with van der Waals surface area (Å²) >= 11 is 0. The molecule has 1 aromatic heterocycles. The van der Waals surface area contributed by atoms with Gasteiger partial charge in [-0.25, -0.2) is 0 Å². The van der Waals surface area contributed by atoms with Gasteiger partial charge in [-0.1, -0.05) is 12.1 Å². The molecule has 116 valence electrons. The van der Waals surface area contributed by atoms with Gasteiger partial charge in [0.1, 0.15) is 0 Å². The van der Waals surface area contributed by atoms with Crippen molar-refractivity contribution in [3.8, 4) is 0 Å². The number of aromatic nitrogens is 1. The summed E-state index contributed by atoms with van der Waals surface area (Å²) < 4.78 is 2.15. The highest BCUT2D eigenvalue weighted by atomic mass is 16.1. The van der Waals surface area contributed by atoms with E-state index in [4.69, 9.17) is 5.73 Å². The van der Waals surface area contributed by atoms with E-state index in [1.165, 1.54) is 18.5 Å². The molecule has 0 saturated heterocycles. The van der Waals surface area contributed by atoms with Crippen molar-refractivity contribution in [1.82, 2.24) is 4.57 Å². The molecule has 1 aliphatic carbocycles. The summed E-state index contributed by atoms with van der Waals surface area (Å²) in [5.41, 5.74) is 10.6. The van der Waals surface area contributed by atoms with Crippen LogP contribution in [0.5, 0.6) is 0 Å². The van der Waals surface area contributed by atoms with Gasteiger partial charge >= 0.3 is 0 Å². The fourth-order valence-electron chi connectivity index (χ4n) is 2.89. The molecule has 0 atom stereocenters. The van der Waals surface area contributed by atoms with E-state index in [9.17, 15) is 4.79 Å². The predicted octanol–water partition coefficient (Wildman–Crippen LogP) is 2.96. The van der Waals surface area contributed by atoms with Gasteiger partial charge < -0.3 is 15.6 Å². The lowest BCUT2D eigenvalue weighted by molar-refractivity contribution is 0.102. The smallest absolute Gasteiger partial charge is 0.257 e. The largest absolute Gasteiger partial charge is 0.351 e. The van der Waals surface area contributed by atoms with Crippen molar-refractivity contribution in [2.24, 2.45) is 12.8 Å². The average molecular weight is 297 g/mol. The molecule has 1 amide bonds. The van der Waals surface area contributed by atoms with Crippen molar-refractivity contribution in [3.63, 3.8) is 0 Å². The third-order valence-electron chi connectivity index (χ3n) is 4.43. The van der Waals surface area contributed by atoms with E-state index in [1.54, 1.807) is 0 Å². The maximum Gasteiger partial charge on any atom is 0.257 e. The van der Waals surface area contributed by atoms with Crippen molar-refractivity contribution in [2.75, 3.05) is 11.9 Å². The SMILES string of the molecule is Cc1c(C(=O)Nc2cccc(CCN)c2)cc(C2CC2)n1C. The highest BCUT2D eigenvalue weighted by Gasteiger charge is 2.28. The van der Waals surface area contributed by atoms with Gasteiger partial charge in [-0.2, -0.15) is 0 Å². The van der Waals surface area contributed by atoms with Gasteiger partial charge in [0.2, 0.25) is 0 Å². The van der Waals surface area contributed by atoms with E-state index < -0.39 is 0 Å². The maximum absolute atomic E-state index is 12.6. The number of rotatable bonds is 5. The van der Waals surface area contributed by atoms with E-state index in [2.05, 4.69) is 9.88 Å². The van der Waals surface area contributed by atoms with Crippen LogP contribution in [0.15, 0.2) is 30.3 Å². The molecule has 3 N–H and O–H groups in total. The summed E-state index contributed by atoms with van der Waals surface area (Å²) in [5.74, 6) is 0.600. The Labute approximate surface area is 131 Å². The average Bonchev–Trinajstić information content (AvgIpc) is 3.28. The molecular weight excluding hydrogens is 274 g/mol. The Morgan fingerprint density at radius 1 is 1.36 bits per heavy atom. The van der Waals surface area contributed by atoms with Crippen molar-refractivity contribution in [3.05, 3.63) is 52.8 Å². The van der Waals surface area contributed by atoms with E-state index >= 15 is 0 Å². The number of carbonyl (C=O) groups is 1. The first-order valence-electron chi connectivity index (χ1n) is 7.86. The number of hydrogen-bond acceptors (Lipinski definition) is 2. The van der Waals surface area contributed by atoms with Crippen LogP contribution in [-0.4, -0.2) is 17.0 Å². The van der Waals surface area contributed by atoms with Crippen molar-refractivity contribution >= 4 is 11.6 Å². The molecule has 1 saturated carbocycles. The molecular formula is C18H23N3O. The first-order chi connectivity index (χ1) is 10.6. The van der Waals surface area contributed by atoms with Crippen LogP contribution in [-0.2, 0) is 13.5 Å². The summed E-state index contributed by atoms with van der Waals surface area (Å²) in [6.45, 7) is 2.62. The first-order valence-corrected chi connectivity index (χ1v) is 7.86. The zero-order valence-corrected chi connectivity index (χ0v) is 13.2. The molecule has 3 rings (SSSR count). The molecule has 4 heteroatoms. The minimum atomic E-state index is -0.0371. The number of nitrogens with one attached hydrogen (secondary N) is 1. The number of anilines is 1. The summed E-state index contributed by atoms with van der Waals surface area (Å²) in [7, 11) is 2.04.